The van der Waals surface area contributed by atoms with Crippen LogP contribution in [-0.2, 0) is 4.74 Å². The Bertz CT molecular complexity index is 394. The summed E-state index contributed by atoms with van der Waals surface area (Å²) in [4.78, 5) is 28.8. The Morgan fingerprint density at radius 1 is 1.67 bits per heavy atom. The van der Waals surface area contributed by atoms with Crippen molar-refractivity contribution in [3.05, 3.63) is 22.1 Å². The third-order valence-electron chi connectivity index (χ3n) is 1.46. The Balaban J connectivity index is 0.00000196. The fourth-order valence-electron chi connectivity index (χ4n) is 0.837. The summed E-state index contributed by atoms with van der Waals surface area (Å²) in [6.45, 7) is 1.92. The summed E-state index contributed by atoms with van der Waals surface area (Å²) in [6.07, 6.45) is 3.00. The largest absolute Gasteiger partial charge is 1.00 e. The van der Waals surface area contributed by atoms with Crippen LogP contribution in [0.2, 0.25) is 0 Å². The molecule has 1 aromatic rings. The van der Waals surface area contributed by atoms with Gasteiger partial charge in [-0.2, -0.15) is 0 Å². The fourth-order valence-corrected chi connectivity index (χ4v) is 1.19. The number of aromatic nitrogens is 2. The molecule has 0 spiro atoms. The molecule has 0 aliphatic heterocycles. The molecule has 0 saturated heterocycles. The minimum atomic E-state index is -0.645. The van der Waals surface area contributed by atoms with Gasteiger partial charge in [-0.25, -0.2) is 9.78 Å². The quantitative estimate of drug-likeness (QED) is 0.276. The molecular weight excluding hydrogens is 227 g/mol. The van der Waals surface area contributed by atoms with Crippen molar-refractivity contribution in [1.29, 1.82) is 0 Å². The van der Waals surface area contributed by atoms with E-state index in [2.05, 4.69) is 14.7 Å². The number of hydrogen-bond donors (Lipinski definition) is 1. The van der Waals surface area contributed by atoms with Gasteiger partial charge in [0.2, 0.25) is 0 Å². The number of ether oxygens (including phenoxy) is 1. The number of aromatic amines is 1. The van der Waals surface area contributed by atoms with E-state index in [-0.39, 0.29) is 41.7 Å². The van der Waals surface area contributed by atoms with Crippen molar-refractivity contribution < 1.29 is 39.1 Å². The molecule has 0 aliphatic rings. The van der Waals surface area contributed by atoms with Crippen LogP contribution in [0.1, 0.15) is 17.3 Å². The van der Waals surface area contributed by atoms with Crippen molar-refractivity contribution in [2.45, 2.75) is 12.1 Å². The zero-order valence-electron chi connectivity index (χ0n) is 8.86. The molecule has 1 aromatic heterocycles. The van der Waals surface area contributed by atoms with Gasteiger partial charge in [0.25, 0.3) is 5.56 Å². The van der Waals surface area contributed by atoms with Gasteiger partial charge in [0, 0.05) is 6.20 Å². The Hall–Kier alpha value is -0.300. The molecule has 0 unspecified atom stereocenters. The van der Waals surface area contributed by atoms with E-state index in [0.717, 1.165) is 0 Å². The number of thioether (sulfide) groups is 1. The second kappa shape index (κ2) is 7.05. The molecule has 0 fully saturated rings. The number of nitrogens with one attached hydrogen (secondary N) is 1. The molecule has 15 heavy (non-hydrogen) atoms. The van der Waals surface area contributed by atoms with Gasteiger partial charge in [-0.3, -0.25) is 4.79 Å². The van der Waals surface area contributed by atoms with Crippen LogP contribution in [-0.4, -0.2) is 28.8 Å². The predicted molar refractivity (Wildman–Crippen MR) is 52.6 cm³/mol. The zero-order chi connectivity index (χ0) is 10.6. The van der Waals surface area contributed by atoms with Crippen LogP contribution in [0.5, 0.6) is 0 Å². The number of rotatable bonds is 3. The third kappa shape index (κ3) is 3.98. The second-order valence-corrected chi connectivity index (χ2v) is 3.15. The topological polar surface area (TPSA) is 72.0 Å². The second-order valence-electron chi connectivity index (χ2n) is 2.36. The van der Waals surface area contributed by atoms with Crippen molar-refractivity contribution in [2.75, 3.05) is 12.9 Å². The number of carbonyl (C=O) groups is 1. The molecule has 0 atom stereocenters. The van der Waals surface area contributed by atoms with Crippen LogP contribution in [0.15, 0.2) is 16.1 Å². The average Bonchev–Trinajstić information content (AvgIpc) is 2.17. The smallest absolute Gasteiger partial charge is 0.462 e. The van der Waals surface area contributed by atoms with Crippen molar-refractivity contribution in [2.24, 2.45) is 0 Å². The molecule has 0 radical (unpaired) electrons. The maximum absolute atomic E-state index is 11.3. The first kappa shape index (κ1) is 14.7. The minimum absolute atomic E-state index is 0. The number of H-pyrrole nitrogens is 1. The SMILES string of the molecule is CCOC(=O)c1cnc(SC)[nH]c1=O.[Na+]. The first-order valence-electron chi connectivity index (χ1n) is 3.99. The summed E-state index contributed by atoms with van der Waals surface area (Å²) in [6, 6.07) is 0. The predicted octanol–water partition coefficient (Wildman–Crippen LogP) is -2.33. The molecule has 0 aromatic carbocycles. The van der Waals surface area contributed by atoms with Crippen LogP contribution < -0.4 is 35.1 Å². The Kier molecular flexibility index (Phi) is 6.91. The van der Waals surface area contributed by atoms with Gasteiger partial charge in [0.1, 0.15) is 5.56 Å². The summed E-state index contributed by atoms with van der Waals surface area (Å²) >= 11 is 1.30. The van der Waals surface area contributed by atoms with Gasteiger partial charge in [0.15, 0.2) is 5.16 Å². The van der Waals surface area contributed by atoms with E-state index < -0.39 is 11.5 Å². The molecule has 0 bridgehead atoms. The molecule has 5 nitrogen and oxygen atoms in total. The van der Waals surface area contributed by atoms with E-state index in [4.69, 9.17) is 0 Å². The van der Waals surface area contributed by atoms with Crippen molar-refractivity contribution in [1.82, 2.24) is 9.97 Å². The van der Waals surface area contributed by atoms with E-state index in [1.807, 2.05) is 0 Å². The third-order valence-corrected chi connectivity index (χ3v) is 2.06. The molecule has 0 aliphatic carbocycles. The molecule has 76 valence electrons. The summed E-state index contributed by atoms with van der Waals surface area (Å²) in [7, 11) is 0. The summed E-state index contributed by atoms with van der Waals surface area (Å²) in [5.41, 5.74) is -0.535. The summed E-state index contributed by atoms with van der Waals surface area (Å²) < 4.78 is 4.68. The molecule has 1 rings (SSSR count). The first-order valence-corrected chi connectivity index (χ1v) is 5.22. The monoisotopic (exact) mass is 237 g/mol. The van der Waals surface area contributed by atoms with E-state index in [9.17, 15) is 9.59 Å². The molecule has 0 amide bonds. The maximum atomic E-state index is 11.3. The fraction of sp³-hybridized carbons (Fsp3) is 0.375. The van der Waals surface area contributed by atoms with Gasteiger partial charge in [-0.1, -0.05) is 11.8 Å². The van der Waals surface area contributed by atoms with Crippen LogP contribution in [0.3, 0.4) is 0 Å². The summed E-state index contributed by atoms with van der Waals surface area (Å²) in [5, 5.41) is 0.475. The van der Waals surface area contributed by atoms with Crippen molar-refractivity contribution >= 4 is 17.7 Å². The van der Waals surface area contributed by atoms with E-state index in [1.165, 1.54) is 18.0 Å². The van der Waals surface area contributed by atoms with Crippen molar-refractivity contribution in [3.8, 4) is 0 Å². The Morgan fingerprint density at radius 2 is 2.33 bits per heavy atom. The van der Waals surface area contributed by atoms with Crippen LogP contribution in [0.4, 0.5) is 0 Å². The van der Waals surface area contributed by atoms with E-state index >= 15 is 0 Å². The van der Waals surface area contributed by atoms with E-state index in [0.29, 0.717) is 5.16 Å². The van der Waals surface area contributed by atoms with Crippen LogP contribution >= 0.6 is 11.8 Å². The summed E-state index contributed by atoms with van der Waals surface area (Å²) in [5.74, 6) is -0.645. The minimum Gasteiger partial charge on any atom is -0.462 e. The number of hydrogen-bond acceptors (Lipinski definition) is 5. The first-order chi connectivity index (χ1) is 6.69. The van der Waals surface area contributed by atoms with Gasteiger partial charge in [0.05, 0.1) is 6.61 Å². The molecule has 1 heterocycles. The average molecular weight is 237 g/mol. The molecular formula is C8H10N2NaO3S+. The Labute approximate surface area is 113 Å². The zero-order valence-corrected chi connectivity index (χ0v) is 11.7. The molecule has 7 heteroatoms. The molecule has 0 saturated carbocycles. The van der Waals surface area contributed by atoms with Crippen molar-refractivity contribution in [3.63, 3.8) is 0 Å². The number of carbonyl (C=O) groups excluding carboxylic acids is 1. The van der Waals surface area contributed by atoms with Gasteiger partial charge in [-0.05, 0) is 13.2 Å². The Morgan fingerprint density at radius 3 is 2.80 bits per heavy atom. The number of nitrogens with zero attached hydrogens (tertiary/aromatic N) is 1. The van der Waals surface area contributed by atoms with Gasteiger partial charge < -0.3 is 9.72 Å². The van der Waals surface area contributed by atoms with Gasteiger partial charge in [-0.15, -0.1) is 0 Å². The van der Waals surface area contributed by atoms with Crippen LogP contribution in [0, 0.1) is 0 Å². The van der Waals surface area contributed by atoms with Crippen LogP contribution in [0.25, 0.3) is 0 Å². The number of esters is 1. The maximum Gasteiger partial charge on any atom is 1.00 e. The molecule has 1 N–H and O–H groups in total. The normalized spacial score (nSPS) is 9.20. The van der Waals surface area contributed by atoms with Gasteiger partial charge >= 0.3 is 35.5 Å². The standard InChI is InChI=1S/C8H10N2O3S.Na/c1-3-13-7(12)5-4-9-8(14-2)10-6(5)11;/h4H,3H2,1-2H3,(H,9,10,11);/q;+1. The van der Waals surface area contributed by atoms with E-state index in [1.54, 1.807) is 13.2 Å².